The fourth-order valence-corrected chi connectivity index (χ4v) is 5.42. The van der Waals surface area contributed by atoms with Crippen molar-refractivity contribution in [2.24, 2.45) is 17.6 Å². The normalized spacial score (nSPS) is 24.6. The fraction of sp³-hybridized carbons (Fsp3) is 0.375. The smallest absolute Gasteiger partial charge is 0.412 e. The van der Waals surface area contributed by atoms with E-state index in [1.165, 1.54) is 6.07 Å². The molecule has 0 spiro atoms. The second kappa shape index (κ2) is 8.92. The van der Waals surface area contributed by atoms with Gasteiger partial charge in [-0.05, 0) is 30.4 Å². The molecule has 0 radical (unpaired) electrons. The number of fused-ring (bicyclic) bond motifs is 3. The number of amides is 2. The largest absolute Gasteiger partial charge is 0.508 e. The van der Waals surface area contributed by atoms with Gasteiger partial charge in [0.05, 0.1) is 11.3 Å². The first-order valence-corrected chi connectivity index (χ1v) is 11.2. The molecule has 2 amide bonds. The van der Waals surface area contributed by atoms with Crippen LogP contribution in [0.3, 0.4) is 0 Å². The average molecular weight is 515 g/mol. The molecule has 0 heterocycles. The molecule has 1 aromatic rings. The number of rotatable bonds is 5. The summed E-state index contributed by atoms with van der Waals surface area (Å²) >= 11 is 0. The molecule has 196 valence electrons. The predicted molar refractivity (Wildman–Crippen MR) is 127 cm³/mol. The third-order valence-corrected chi connectivity index (χ3v) is 7.04. The van der Waals surface area contributed by atoms with Crippen LogP contribution in [0.2, 0.25) is 0 Å². The number of phenolic OH excluding ortho intramolecular Hbond substituents is 1. The van der Waals surface area contributed by atoms with Gasteiger partial charge in [-0.15, -0.1) is 0 Å². The molecule has 4 rings (SSSR count). The lowest BCUT2D eigenvalue weighted by molar-refractivity contribution is -0.147. The van der Waals surface area contributed by atoms with Crippen LogP contribution in [0.4, 0.5) is 16.2 Å². The van der Waals surface area contributed by atoms with E-state index in [0.29, 0.717) is 17.5 Å². The first kappa shape index (κ1) is 25.7. The summed E-state index contributed by atoms with van der Waals surface area (Å²) in [5.41, 5.74) is 1.84. The average Bonchev–Trinajstić information content (AvgIpc) is 2.81. The van der Waals surface area contributed by atoms with Gasteiger partial charge >= 0.3 is 6.09 Å². The summed E-state index contributed by atoms with van der Waals surface area (Å²) < 4.78 is 4.64. The molecule has 1 fully saturated rings. The molecule has 3 aliphatic carbocycles. The summed E-state index contributed by atoms with van der Waals surface area (Å²) in [5.74, 6) is -7.48. The van der Waals surface area contributed by atoms with Crippen molar-refractivity contribution in [3.8, 4) is 5.75 Å². The van der Waals surface area contributed by atoms with Crippen LogP contribution < -0.4 is 16.0 Å². The maximum atomic E-state index is 13.6. The van der Waals surface area contributed by atoms with Crippen LogP contribution in [0, 0.1) is 11.8 Å². The lowest BCUT2D eigenvalue weighted by Crippen LogP contribution is -2.58. The number of hydrogen-bond acceptors (Lipinski definition) is 11. The monoisotopic (exact) mass is 515 g/mol. The highest BCUT2D eigenvalue weighted by Gasteiger charge is 2.60. The number of aromatic hydroxyl groups is 1. The first-order chi connectivity index (χ1) is 17.3. The number of benzene rings is 1. The highest BCUT2D eigenvalue weighted by atomic mass is 16.5. The van der Waals surface area contributed by atoms with Gasteiger partial charge in [0.25, 0.3) is 5.91 Å². The first-order valence-electron chi connectivity index (χ1n) is 11.2. The van der Waals surface area contributed by atoms with Gasteiger partial charge in [-0.3, -0.25) is 24.5 Å². The van der Waals surface area contributed by atoms with Gasteiger partial charge in [-0.25, -0.2) is 4.79 Å². The van der Waals surface area contributed by atoms with Crippen molar-refractivity contribution in [2.45, 2.75) is 24.9 Å². The summed E-state index contributed by atoms with van der Waals surface area (Å²) in [6.07, 6.45) is -1.02. The number of nitrogens with two attached hydrogens (primary N) is 1. The second-order valence-corrected chi connectivity index (χ2v) is 9.34. The number of carbonyl (C=O) groups is 5. The molecular weight excluding hydrogens is 490 g/mol. The van der Waals surface area contributed by atoms with Crippen LogP contribution in [0.25, 0.3) is 5.76 Å². The van der Waals surface area contributed by atoms with Crippen molar-refractivity contribution in [3.05, 3.63) is 34.1 Å². The number of phenols is 1. The molecule has 1 aromatic carbocycles. The van der Waals surface area contributed by atoms with Crippen molar-refractivity contribution in [1.82, 2.24) is 0 Å². The fourth-order valence-electron chi connectivity index (χ4n) is 5.42. The molecular formula is C24H25N3O10. The predicted octanol–water partition coefficient (Wildman–Crippen LogP) is 0.237. The number of aldehydes is 1. The highest BCUT2D eigenvalue weighted by molar-refractivity contribution is 6.22. The molecule has 3 atom stereocenters. The minimum Gasteiger partial charge on any atom is -0.508 e. The van der Waals surface area contributed by atoms with E-state index in [2.05, 4.69) is 10.1 Å². The third kappa shape index (κ3) is 3.78. The van der Waals surface area contributed by atoms with Gasteiger partial charge in [-0.1, -0.05) is 0 Å². The number of hydrogen-bond donors (Lipinski definition) is 6. The van der Waals surface area contributed by atoms with Crippen molar-refractivity contribution in [2.75, 3.05) is 30.9 Å². The molecule has 1 saturated carbocycles. The summed E-state index contributed by atoms with van der Waals surface area (Å²) in [6.45, 7) is -0.532. The number of ketones is 2. The molecule has 13 nitrogen and oxygen atoms in total. The Kier molecular flexibility index (Phi) is 6.20. The topological polar surface area (TPSA) is 217 Å². The zero-order valence-corrected chi connectivity index (χ0v) is 19.9. The van der Waals surface area contributed by atoms with Crippen LogP contribution in [0.5, 0.6) is 5.75 Å². The zero-order chi connectivity index (χ0) is 27.4. The molecule has 0 bridgehead atoms. The van der Waals surface area contributed by atoms with E-state index < -0.39 is 76.9 Å². The number of primary amides is 1. The lowest BCUT2D eigenvalue weighted by Gasteiger charge is -2.46. The minimum absolute atomic E-state index is 0.00539. The Morgan fingerprint density at radius 3 is 2.51 bits per heavy atom. The van der Waals surface area contributed by atoms with E-state index in [4.69, 9.17) is 5.73 Å². The van der Waals surface area contributed by atoms with E-state index in [1.54, 1.807) is 19.0 Å². The maximum absolute atomic E-state index is 13.6. The number of aliphatic hydroxyl groups excluding tert-OH is 2. The van der Waals surface area contributed by atoms with Gasteiger partial charge in [0.1, 0.15) is 23.7 Å². The maximum Gasteiger partial charge on any atom is 0.412 e. The Morgan fingerprint density at radius 1 is 1.24 bits per heavy atom. The SMILES string of the molecule is CN(C)c1cc(NC(=O)OCC=O)c(O)c2c1C[C@H]1C[C@H]3CC(=O)C(C(N)=O)=C(O)[C@@]3(O)C(=O)C1=C2O. The van der Waals surface area contributed by atoms with Gasteiger partial charge in [-0.2, -0.15) is 0 Å². The van der Waals surface area contributed by atoms with Crippen molar-refractivity contribution in [1.29, 1.82) is 0 Å². The quantitative estimate of drug-likeness (QED) is 0.177. The van der Waals surface area contributed by atoms with Crippen LogP contribution in [-0.2, 0) is 30.3 Å². The van der Waals surface area contributed by atoms with Crippen LogP contribution in [-0.4, -0.2) is 76.6 Å². The molecule has 3 aliphatic rings. The van der Waals surface area contributed by atoms with E-state index in [9.17, 15) is 44.4 Å². The third-order valence-electron chi connectivity index (χ3n) is 7.04. The Labute approximate surface area is 209 Å². The van der Waals surface area contributed by atoms with Crippen LogP contribution in [0.1, 0.15) is 24.0 Å². The number of ether oxygens (including phenoxy) is 1. The second-order valence-electron chi connectivity index (χ2n) is 9.34. The minimum atomic E-state index is -2.68. The van der Waals surface area contributed by atoms with Gasteiger partial charge in [0.2, 0.25) is 5.78 Å². The number of carbonyl (C=O) groups excluding carboxylic acids is 5. The molecule has 7 N–H and O–H groups in total. The van der Waals surface area contributed by atoms with Crippen molar-refractivity contribution >= 4 is 47.0 Å². The van der Waals surface area contributed by atoms with Crippen molar-refractivity contribution in [3.63, 3.8) is 0 Å². The Morgan fingerprint density at radius 2 is 1.92 bits per heavy atom. The van der Waals surface area contributed by atoms with E-state index in [-0.39, 0.29) is 29.7 Å². The molecule has 0 saturated heterocycles. The Hall–Kier alpha value is -4.39. The van der Waals surface area contributed by atoms with Gasteiger partial charge < -0.3 is 35.8 Å². The van der Waals surface area contributed by atoms with Crippen LogP contribution in [0.15, 0.2) is 23.0 Å². The summed E-state index contributed by atoms with van der Waals surface area (Å²) in [7, 11) is 3.35. The van der Waals surface area contributed by atoms with E-state index >= 15 is 0 Å². The Bertz CT molecular complexity index is 1330. The number of aliphatic hydroxyl groups is 3. The van der Waals surface area contributed by atoms with Crippen molar-refractivity contribution < 1.29 is 49.1 Å². The molecule has 0 aromatic heterocycles. The van der Waals surface area contributed by atoms with Gasteiger partial charge in [0.15, 0.2) is 23.4 Å². The summed E-state index contributed by atoms with van der Waals surface area (Å²) in [4.78, 5) is 61.9. The summed E-state index contributed by atoms with van der Waals surface area (Å²) in [6, 6.07) is 1.42. The summed E-state index contributed by atoms with van der Waals surface area (Å²) in [5, 5.41) is 46.4. The standard InChI is InChI=1S/C24H25N3O10/c1-27(2)13-8-12(26-23(35)37-4-3-28)18(30)16-11(13)6-9-5-10-7-14(29)17(22(25)34)21(33)24(10,36)20(32)15(9)19(16)31/h3,8-10,30-31,33,36H,4-7H2,1-2H3,(H2,25,34)(H,26,35)/t9-,10+,24+/m1/s1. The van der Waals surface area contributed by atoms with Gasteiger partial charge in [0, 0.05) is 37.7 Å². The number of anilines is 2. The number of nitrogens with zero attached hydrogens (tertiary/aromatic N) is 1. The Balaban J connectivity index is 1.89. The number of nitrogens with one attached hydrogen (secondary N) is 1. The van der Waals surface area contributed by atoms with E-state index in [0.717, 1.165) is 0 Å². The number of Topliss-reactive ketones (excluding diaryl/α,β-unsaturated/α-hetero) is 2. The molecule has 0 unspecified atom stereocenters. The molecule has 37 heavy (non-hydrogen) atoms. The zero-order valence-electron chi connectivity index (χ0n) is 19.9. The lowest BCUT2D eigenvalue weighted by atomic mass is 9.59. The molecule has 13 heteroatoms. The van der Waals surface area contributed by atoms with E-state index in [1.807, 2.05) is 0 Å². The van der Waals surface area contributed by atoms with Crippen LogP contribution >= 0.6 is 0 Å². The molecule has 0 aliphatic heterocycles. The highest BCUT2D eigenvalue weighted by Crippen LogP contribution is 2.54.